The minimum absolute atomic E-state index is 0.353. The SMILES string of the molecule is CCCCC(N)(OCC)[SiH]1C=CC=C1. The maximum atomic E-state index is 6.34. The van der Waals surface area contributed by atoms with Crippen molar-refractivity contribution in [2.24, 2.45) is 5.73 Å². The van der Waals surface area contributed by atoms with E-state index < -0.39 is 8.80 Å². The number of rotatable bonds is 6. The van der Waals surface area contributed by atoms with Crippen LogP contribution in [0.15, 0.2) is 23.6 Å². The Morgan fingerprint density at radius 2 is 1.93 bits per heavy atom. The van der Waals surface area contributed by atoms with Crippen molar-refractivity contribution in [2.45, 2.75) is 38.5 Å². The third-order valence-corrected chi connectivity index (χ3v) is 5.50. The lowest BCUT2D eigenvalue weighted by molar-refractivity contribution is 0.0197. The smallest absolute Gasteiger partial charge is 0.140 e. The zero-order valence-electron chi connectivity index (χ0n) is 9.20. The van der Waals surface area contributed by atoms with Crippen molar-refractivity contribution < 1.29 is 4.74 Å². The van der Waals surface area contributed by atoms with Crippen molar-refractivity contribution in [3.63, 3.8) is 0 Å². The largest absolute Gasteiger partial charge is 0.364 e. The van der Waals surface area contributed by atoms with Crippen LogP contribution in [-0.4, -0.2) is 20.8 Å². The molecule has 1 heterocycles. The van der Waals surface area contributed by atoms with E-state index in [1.165, 1.54) is 6.42 Å². The molecule has 0 bridgehead atoms. The lowest BCUT2D eigenvalue weighted by atomic mass is 10.2. The molecule has 1 unspecified atom stereocenters. The average molecular weight is 211 g/mol. The molecule has 3 heteroatoms. The highest BCUT2D eigenvalue weighted by Crippen LogP contribution is 2.20. The molecule has 0 spiro atoms. The first kappa shape index (κ1) is 11.7. The molecule has 0 saturated carbocycles. The molecule has 1 rings (SSSR count). The van der Waals surface area contributed by atoms with Crippen LogP contribution < -0.4 is 5.73 Å². The summed E-state index contributed by atoms with van der Waals surface area (Å²) in [7, 11) is -1.17. The van der Waals surface area contributed by atoms with E-state index in [1.54, 1.807) is 0 Å². The molecule has 1 aliphatic rings. The fraction of sp³-hybridized carbons (Fsp3) is 0.636. The molecule has 14 heavy (non-hydrogen) atoms. The number of hydrogen-bond donors (Lipinski definition) is 1. The monoisotopic (exact) mass is 211 g/mol. The fourth-order valence-electron chi connectivity index (χ4n) is 1.81. The molecule has 0 aromatic heterocycles. The quantitative estimate of drug-likeness (QED) is 0.537. The first-order valence-corrected chi connectivity index (χ1v) is 7.42. The predicted molar refractivity (Wildman–Crippen MR) is 63.5 cm³/mol. The van der Waals surface area contributed by atoms with E-state index >= 15 is 0 Å². The highest BCUT2D eigenvalue weighted by atomic mass is 28.3. The molecular formula is C11H21NOSi. The van der Waals surface area contributed by atoms with Gasteiger partial charge in [0.2, 0.25) is 0 Å². The van der Waals surface area contributed by atoms with E-state index in [9.17, 15) is 0 Å². The number of nitrogens with two attached hydrogens (primary N) is 1. The van der Waals surface area contributed by atoms with E-state index in [-0.39, 0.29) is 5.35 Å². The fourth-order valence-corrected chi connectivity index (χ4v) is 4.23. The van der Waals surface area contributed by atoms with Crippen LogP contribution in [0.4, 0.5) is 0 Å². The lowest BCUT2D eigenvalue weighted by Gasteiger charge is -2.32. The Bertz CT molecular complexity index is 215. The summed E-state index contributed by atoms with van der Waals surface area (Å²) in [6.07, 6.45) is 7.53. The lowest BCUT2D eigenvalue weighted by Crippen LogP contribution is -2.54. The molecule has 1 atom stereocenters. The van der Waals surface area contributed by atoms with E-state index in [4.69, 9.17) is 10.5 Å². The van der Waals surface area contributed by atoms with Gasteiger partial charge in [-0.25, -0.2) is 0 Å². The van der Waals surface area contributed by atoms with Crippen molar-refractivity contribution in [3.8, 4) is 0 Å². The summed E-state index contributed by atoms with van der Waals surface area (Å²) in [6, 6.07) is 0. The third-order valence-electron chi connectivity index (χ3n) is 2.65. The molecule has 80 valence electrons. The molecule has 0 amide bonds. The zero-order chi connectivity index (χ0) is 10.4. The summed E-state index contributed by atoms with van der Waals surface area (Å²) in [4.78, 5) is 0. The first-order chi connectivity index (χ1) is 6.73. The van der Waals surface area contributed by atoms with Crippen molar-refractivity contribution >= 4 is 8.80 Å². The first-order valence-electron chi connectivity index (χ1n) is 5.50. The van der Waals surface area contributed by atoms with Gasteiger partial charge >= 0.3 is 0 Å². The van der Waals surface area contributed by atoms with Gasteiger partial charge in [-0.05, 0) is 19.8 Å². The van der Waals surface area contributed by atoms with Crippen molar-refractivity contribution in [1.82, 2.24) is 0 Å². The van der Waals surface area contributed by atoms with Crippen LogP contribution >= 0.6 is 0 Å². The van der Waals surface area contributed by atoms with Gasteiger partial charge in [-0.2, -0.15) is 0 Å². The molecule has 2 nitrogen and oxygen atoms in total. The van der Waals surface area contributed by atoms with Crippen molar-refractivity contribution in [3.05, 3.63) is 23.6 Å². The Morgan fingerprint density at radius 3 is 2.43 bits per heavy atom. The van der Waals surface area contributed by atoms with Gasteiger partial charge in [0.25, 0.3) is 0 Å². The summed E-state index contributed by atoms with van der Waals surface area (Å²) < 4.78 is 5.75. The van der Waals surface area contributed by atoms with E-state index in [0.29, 0.717) is 6.61 Å². The molecule has 0 aromatic carbocycles. The van der Waals surface area contributed by atoms with Gasteiger partial charge in [0.15, 0.2) is 0 Å². The summed E-state index contributed by atoms with van der Waals surface area (Å²) in [5.74, 6) is 0. The summed E-state index contributed by atoms with van der Waals surface area (Å²) in [6.45, 7) is 4.92. The minimum Gasteiger partial charge on any atom is -0.364 e. The molecule has 2 N–H and O–H groups in total. The predicted octanol–water partition coefficient (Wildman–Crippen LogP) is 1.84. The average Bonchev–Trinajstić information content (AvgIpc) is 2.68. The number of hydrogen-bond acceptors (Lipinski definition) is 2. The van der Waals surface area contributed by atoms with Crippen LogP contribution in [0.2, 0.25) is 0 Å². The molecule has 0 saturated heterocycles. The number of allylic oxidation sites excluding steroid dienone is 2. The second-order valence-electron chi connectivity index (χ2n) is 3.79. The van der Waals surface area contributed by atoms with Gasteiger partial charge in [0, 0.05) is 6.61 Å². The Balaban J connectivity index is 2.59. The Kier molecular flexibility index (Phi) is 4.58. The summed E-state index contributed by atoms with van der Waals surface area (Å²) >= 11 is 0. The van der Waals surface area contributed by atoms with Gasteiger partial charge in [-0.1, -0.05) is 36.9 Å². The standard InChI is InChI=1S/C11H21NOSi/c1-3-5-8-11(12,13-4-2)14-9-6-7-10-14/h6-7,9-10,14H,3-5,8,12H2,1-2H3. The van der Waals surface area contributed by atoms with Crippen molar-refractivity contribution in [1.29, 1.82) is 0 Å². The maximum Gasteiger partial charge on any atom is 0.140 e. The van der Waals surface area contributed by atoms with E-state index in [0.717, 1.165) is 12.8 Å². The van der Waals surface area contributed by atoms with Crippen LogP contribution in [0.3, 0.4) is 0 Å². The van der Waals surface area contributed by atoms with E-state index in [2.05, 4.69) is 30.5 Å². The summed E-state index contributed by atoms with van der Waals surface area (Å²) in [5.41, 5.74) is 10.8. The number of unbranched alkanes of at least 4 members (excludes halogenated alkanes) is 1. The minimum atomic E-state index is -1.17. The molecule has 0 radical (unpaired) electrons. The Morgan fingerprint density at radius 1 is 1.29 bits per heavy atom. The highest BCUT2D eigenvalue weighted by molar-refractivity contribution is 6.73. The second kappa shape index (κ2) is 5.49. The van der Waals surface area contributed by atoms with Gasteiger partial charge in [0.1, 0.15) is 14.1 Å². The van der Waals surface area contributed by atoms with Gasteiger partial charge in [0.05, 0.1) is 0 Å². The van der Waals surface area contributed by atoms with Crippen molar-refractivity contribution in [2.75, 3.05) is 6.61 Å². The third kappa shape index (κ3) is 2.80. The second-order valence-corrected chi connectivity index (χ2v) is 6.59. The van der Waals surface area contributed by atoms with Crippen LogP contribution in [0.25, 0.3) is 0 Å². The van der Waals surface area contributed by atoms with Gasteiger partial charge in [-0.15, -0.1) is 0 Å². The van der Waals surface area contributed by atoms with Gasteiger partial charge < -0.3 is 10.5 Å². The van der Waals surface area contributed by atoms with Crippen LogP contribution in [0.5, 0.6) is 0 Å². The Hall–Kier alpha value is -0.383. The van der Waals surface area contributed by atoms with Gasteiger partial charge in [-0.3, -0.25) is 0 Å². The molecule has 0 fully saturated rings. The maximum absolute atomic E-state index is 6.34. The zero-order valence-corrected chi connectivity index (χ0v) is 10.4. The molecule has 0 aromatic rings. The van der Waals surface area contributed by atoms with Crippen LogP contribution in [0, 0.1) is 0 Å². The van der Waals surface area contributed by atoms with Crippen LogP contribution in [-0.2, 0) is 4.74 Å². The Labute approximate surface area is 88.4 Å². The molecular weight excluding hydrogens is 190 g/mol. The topological polar surface area (TPSA) is 35.2 Å². The highest BCUT2D eigenvalue weighted by Gasteiger charge is 2.33. The number of ether oxygens (including phenoxy) is 1. The normalized spacial score (nSPS) is 20.2. The molecule has 0 aliphatic carbocycles. The molecule has 1 aliphatic heterocycles. The van der Waals surface area contributed by atoms with E-state index in [1.807, 2.05) is 6.92 Å². The summed E-state index contributed by atoms with van der Waals surface area (Å²) in [5, 5.41) is -0.353. The van der Waals surface area contributed by atoms with Crippen LogP contribution in [0.1, 0.15) is 33.1 Å².